The fraction of sp³-hybridized carbons (Fsp3) is 0.0833. The van der Waals surface area contributed by atoms with Gasteiger partial charge in [-0.1, -0.05) is 18.1 Å². The average molecular weight is 427 g/mol. The summed E-state index contributed by atoms with van der Waals surface area (Å²) in [5, 5.41) is 3.78. The quantitative estimate of drug-likeness (QED) is 0.488. The first-order valence-electron chi connectivity index (χ1n) is 9.69. The number of benzene rings is 2. The summed E-state index contributed by atoms with van der Waals surface area (Å²) in [4.78, 5) is 34.1. The van der Waals surface area contributed by atoms with Crippen LogP contribution in [-0.4, -0.2) is 20.4 Å². The van der Waals surface area contributed by atoms with Crippen LogP contribution >= 0.6 is 0 Å². The Balaban J connectivity index is 1.89. The van der Waals surface area contributed by atoms with Gasteiger partial charge in [-0.15, -0.1) is 6.42 Å². The summed E-state index contributed by atoms with van der Waals surface area (Å²) < 4.78 is 14.9. The zero-order valence-corrected chi connectivity index (χ0v) is 17.0. The largest absolute Gasteiger partial charge is 0.382 e. The van der Waals surface area contributed by atoms with E-state index in [4.69, 9.17) is 12.2 Å². The minimum Gasteiger partial charge on any atom is -0.382 e. The molecule has 7 nitrogen and oxygen atoms in total. The minimum atomic E-state index is -0.638. The maximum absolute atomic E-state index is 13.5. The Morgan fingerprint density at radius 3 is 2.59 bits per heavy atom. The highest BCUT2D eigenvalue weighted by molar-refractivity contribution is 5.96. The van der Waals surface area contributed by atoms with Crippen molar-refractivity contribution in [3.63, 3.8) is 0 Å². The smallest absolute Gasteiger partial charge is 0.274 e. The molecule has 0 aliphatic rings. The Kier molecular flexibility index (Phi) is 5.39. The van der Waals surface area contributed by atoms with Crippen LogP contribution in [0.4, 0.5) is 10.2 Å². The number of nitrogens with one attached hydrogen (secondary N) is 1. The molecule has 2 heterocycles. The van der Waals surface area contributed by atoms with Crippen LogP contribution in [0.1, 0.15) is 34.7 Å². The van der Waals surface area contributed by atoms with E-state index in [2.05, 4.69) is 21.2 Å². The summed E-state index contributed by atoms with van der Waals surface area (Å²) in [6, 6.07) is 11.8. The number of halogens is 1. The lowest BCUT2D eigenvalue weighted by atomic mass is 10.0. The van der Waals surface area contributed by atoms with E-state index in [1.807, 2.05) is 0 Å². The van der Waals surface area contributed by atoms with Crippen LogP contribution in [0, 0.1) is 18.2 Å². The van der Waals surface area contributed by atoms with Crippen molar-refractivity contribution in [2.45, 2.75) is 13.0 Å². The van der Waals surface area contributed by atoms with Gasteiger partial charge in [0, 0.05) is 29.3 Å². The van der Waals surface area contributed by atoms with Gasteiger partial charge in [0.25, 0.3) is 11.5 Å². The topological polar surface area (TPSA) is 103 Å². The van der Waals surface area contributed by atoms with Crippen LogP contribution in [0.25, 0.3) is 16.5 Å². The molecule has 0 unspecified atom stereocenters. The molecule has 1 amide bonds. The number of nitrogens with two attached hydrogens (primary N) is 1. The van der Waals surface area contributed by atoms with Crippen molar-refractivity contribution < 1.29 is 9.18 Å². The summed E-state index contributed by atoms with van der Waals surface area (Å²) in [5.74, 6) is 1.55. The Hall–Kier alpha value is -4.51. The molecular weight excluding hydrogens is 409 g/mol. The molecule has 158 valence electrons. The van der Waals surface area contributed by atoms with Gasteiger partial charge in [-0.2, -0.15) is 0 Å². The van der Waals surface area contributed by atoms with Crippen molar-refractivity contribution >= 4 is 22.5 Å². The first-order chi connectivity index (χ1) is 15.4. The van der Waals surface area contributed by atoms with Crippen molar-refractivity contribution in [2.75, 3.05) is 5.73 Å². The highest BCUT2D eigenvalue weighted by Crippen LogP contribution is 2.23. The van der Waals surface area contributed by atoms with Gasteiger partial charge in [0.1, 0.15) is 5.82 Å². The highest BCUT2D eigenvalue weighted by Gasteiger charge is 2.21. The van der Waals surface area contributed by atoms with Crippen LogP contribution in [-0.2, 0) is 0 Å². The lowest BCUT2D eigenvalue weighted by Crippen LogP contribution is -2.33. The van der Waals surface area contributed by atoms with Crippen molar-refractivity contribution in [2.24, 2.45) is 0 Å². The molecule has 0 aliphatic carbocycles. The van der Waals surface area contributed by atoms with E-state index in [1.54, 1.807) is 31.2 Å². The third-order valence-electron chi connectivity index (χ3n) is 5.05. The molecule has 0 spiro atoms. The van der Waals surface area contributed by atoms with E-state index in [-0.39, 0.29) is 17.1 Å². The lowest BCUT2D eigenvalue weighted by molar-refractivity contribution is 0.0934. The van der Waals surface area contributed by atoms with Crippen LogP contribution in [0.2, 0.25) is 0 Å². The number of hydrogen-bond donors (Lipinski definition) is 2. The van der Waals surface area contributed by atoms with E-state index in [9.17, 15) is 14.0 Å². The number of fused-ring (bicyclic) bond motifs is 1. The summed E-state index contributed by atoms with van der Waals surface area (Å²) in [5.41, 5.74) is 6.70. The van der Waals surface area contributed by atoms with Gasteiger partial charge >= 0.3 is 0 Å². The maximum atomic E-state index is 13.5. The van der Waals surface area contributed by atoms with Crippen molar-refractivity contribution in [3.8, 4) is 18.0 Å². The molecule has 4 aromatic rings. The number of hydrogen-bond acceptors (Lipinski definition) is 5. The predicted octanol–water partition coefficient (Wildman–Crippen LogP) is 2.97. The molecule has 2 aromatic carbocycles. The van der Waals surface area contributed by atoms with Gasteiger partial charge in [-0.05, 0) is 48.7 Å². The van der Waals surface area contributed by atoms with Crippen LogP contribution in [0.5, 0.6) is 0 Å². The van der Waals surface area contributed by atoms with Crippen LogP contribution in [0.15, 0.2) is 65.7 Å². The van der Waals surface area contributed by atoms with E-state index in [1.165, 1.54) is 41.2 Å². The third-order valence-corrected chi connectivity index (χ3v) is 5.05. The number of nitrogen functional groups attached to an aromatic ring is 1. The summed E-state index contributed by atoms with van der Waals surface area (Å²) >= 11 is 0. The molecular formula is C24H18FN5O2. The van der Waals surface area contributed by atoms with E-state index >= 15 is 0 Å². The normalized spacial score (nSPS) is 11.7. The van der Waals surface area contributed by atoms with Crippen molar-refractivity contribution in [1.82, 2.24) is 19.9 Å². The number of carbonyl (C=O) groups excluding carboxylic acids is 1. The van der Waals surface area contributed by atoms with E-state index in [0.29, 0.717) is 27.7 Å². The average Bonchev–Trinajstić information content (AvgIpc) is 2.79. The van der Waals surface area contributed by atoms with E-state index < -0.39 is 17.8 Å². The predicted molar refractivity (Wildman–Crippen MR) is 120 cm³/mol. The minimum absolute atomic E-state index is 0.00898. The number of carbonyl (C=O) groups is 1. The lowest BCUT2D eigenvalue weighted by Gasteiger charge is -2.21. The molecule has 0 radical (unpaired) electrons. The molecule has 2 aromatic heterocycles. The molecule has 1 atom stereocenters. The number of rotatable bonds is 4. The number of aromatic nitrogens is 3. The molecule has 0 saturated heterocycles. The molecule has 0 saturated carbocycles. The number of anilines is 1. The first-order valence-corrected chi connectivity index (χ1v) is 9.69. The first kappa shape index (κ1) is 20.8. The molecule has 0 fully saturated rings. The van der Waals surface area contributed by atoms with Gasteiger partial charge in [0.05, 0.1) is 11.4 Å². The fourth-order valence-electron chi connectivity index (χ4n) is 3.54. The zero-order chi connectivity index (χ0) is 22.8. The Morgan fingerprint density at radius 1 is 1.19 bits per heavy atom. The van der Waals surface area contributed by atoms with Gasteiger partial charge in [0.2, 0.25) is 0 Å². The molecule has 3 N–H and O–H groups in total. The number of pyridine rings is 1. The standard InChI is InChI=1S/C24H18FN5O2/c1-3-15-5-4-6-16-13-19(14(2)29-23(31)21-22(26)28-12-11-27-21)30(24(32)20(15)16)18-9-7-17(25)8-10-18/h1,4-14H,2H3,(H2,26,28)(H,29,31)/t14-/m1/s1. The second kappa shape index (κ2) is 8.32. The van der Waals surface area contributed by atoms with Crippen molar-refractivity contribution in [3.05, 3.63) is 94.0 Å². The zero-order valence-electron chi connectivity index (χ0n) is 17.0. The molecule has 32 heavy (non-hydrogen) atoms. The van der Waals surface area contributed by atoms with Gasteiger partial charge in [0.15, 0.2) is 11.5 Å². The van der Waals surface area contributed by atoms with Crippen LogP contribution in [0.3, 0.4) is 0 Å². The number of terminal acetylenes is 1. The Labute approximate surface area is 182 Å². The molecule has 8 heteroatoms. The SMILES string of the molecule is C#Cc1cccc2cc([C@@H](C)NC(=O)c3nccnc3N)n(-c3ccc(F)cc3)c(=O)c12. The van der Waals surface area contributed by atoms with Gasteiger partial charge in [-0.25, -0.2) is 14.4 Å². The number of amides is 1. The van der Waals surface area contributed by atoms with Crippen LogP contribution < -0.4 is 16.6 Å². The maximum Gasteiger partial charge on any atom is 0.274 e. The van der Waals surface area contributed by atoms with Gasteiger partial charge < -0.3 is 11.1 Å². The Morgan fingerprint density at radius 2 is 1.91 bits per heavy atom. The summed E-state index contributed by atoms with van der Waals surface area (Å²) in [7, 11) is 0. The summed E-state index contributed by atoms with van der Waals surface area (Å²) in [6.07, 6.45) is 8.35. The molecule has 4 rings (SSSR count). The monoisotopic (exact) mass is 427 g/mol. The van der Waals surface area contributed by atoms with Crippen molar-refractivity contribution in [1.29, 1.82) is 0 Å². The molecule has 0 bridgehead atoms. The summed E-state index contributed by atoms with van der Waals surface area (Å²) in [6.45, 7) is 1.72. The molecule has 0 aliphatic heterocycles. The number of nitrogens with zero attached hydrogens (tertiary/aromatic N) is 3. The third kappa shape index (κ3) is 3.68. The Bertz CT molecular complexity index is 1440. The highest BCUT2D eigenvalue weighted by atomic mass is 19.1. The van der Waals surface area contributed by atoms with E-state index in [0.717, 1.165) is 0 Å². The fourth-order valence-corrected chi connectivity index (χ4v) is 3.54. The second-order valence-corrected chi connectivity index (χ2v) is 7.09. The second-order valence-electron chi connectivity index (χ2n) is 7.09. The van der Waals surface area contributed by atoms with Gasteiger partial charge in [-0.3, -0.25) is 14.2 Å².